The Hall–Kier alpha value is -1.88. The first-order chi connectivity index (χ1) is 9.17. The number of nitrogens with two attached hydrogens (primary N) is 1. The van der Waals surface area contributed by atoms with Gasteiger partial charge in [-0.2, -0.15) is 0 Å². The van der Waals surface area contributed by atoms with Crippen LogP contribution in [0.3, 0.4) is 0 Å². The number of pyridine rings is 1. The van der Waals surface area contributed by atoms with Crippen LogP contribution < -0.4 is 5.73 Å². The summed E-state index contributed by atoms with van der Waals surface area (Å²) in [7, 11) is 0. The van der Waals surface area contributed by atoms with Gasteiger partial charge in [0.2, 0.25) is 5.95 Å². The largest absolute Gasteiger partial charge is 0.369 e. The van der Waals surface area contributed by atoms with E-state index in [-0.39, 0.29) is 0 Å². The number of rotatable bonds is 3. The maximum Gasteiger partial charge on any atom is 0.202 e. The molecule has 0 saturated carbocycles. The molecule has 0 atom stereocenters. The molecule has 19 heavy (non-hydrogen) atoms. The van der Waals surface area contributed by atoms with E-state index in [2.05, 4.69) is 29.0 Å². The molecule has 0 amide bonds. The highest BCUT2D eigenvalue weighted by molar-refractivity contribution is 7.11. The third-order valence-corrected chi connectivity index (χ3v) is 4.35. The molecule has 0 aliphatic heterocycles. The second-order valence-corrected chi connectivity index (χ2v) is 5.89. The Morgan fingerprint density at radius 1 is 1.32 bits per heavy atom. The van der Waals surface area contributed by atoms with E-state index in [1.165, 1.54) is 9.75 Å². The number of hydrogen-bond donors (Lipinski definition) is 1. The van der Waals surface area contributed by atoms with Gasteiger partial charge in [-0.3, -0.25) is 4.57 Å². The van der Waals surface area contributed by atoms with Gasteiger partial charge >= 0.3 is 0 Å². The molecule has 0 aliphatic carbocycles. The highest BCUT2D eigenvalue weighted by Crippen LogP contribution is 2.22. The lowest BCUT2D eigenvalue weighted by Crippen LogP contribution is -2.04. The van der Waals surface area contributed by atoms with E-state index in [9.17, 15) is 0 Å². The van der Waals surface area contributed by atoms with E-state index in [0.29, 0.717) is 5.95 Å². The molecule has 0 aliphatic rings. The molecule has 0 aromatic carbocycles. The monoisotopic (exact) mass is 272 g/mol. The van der Waals surface area contributed by atoms with Crippen LogP contribution in [0.2, 0.25) is 0 Å². The van der Waals surface area contributed by atoms with Crippen molar-refractivity contribution in [3.05, 3.63) is 39.7 Å². The lowest BCUT2D eigenvalue weighted by Gasteiger charge is -2.03. The second-order valence-electron chi connectivity index (χ2n) is 4.63. The van der Waals surface area contributed by atoms with E-state index in [0.717, 1.165) is 29.7 Å². The zero-order valence-electron chi connectivity index (χ0n) is 11.1. The van der Waals surface area contributed by atoms with E-state index in [1.807, 2.05) is 35.1 Å². The molecule has 3 heterocycles. The van der Waals surface area contributed by atoms with Crippen molar-refractivity contribution in [3.63, 3.8) is 0 Å². The Balaban J connectivity index is 2.02. The summed E-state index contributed by atoms with van der Waals surface area (Å²) in [6, 6.07) is 6.34. The maximum atomic E-state index is 6.01. The number of anilines is 1. The van der Waals surface area contributed by atoms with E-state index >= 15 is 0 Å². The van der Waals surface area contributed by atoms with Crippen LogP contribution in [0.4, 0.5) is 5.95 Å². The number of aryl methyl sites for hydroxylation is 2. The van der Waals surface area contributed by atoms with Gasteiger partial charge in [-0.15, -0.1) is 11.3 Å². The van der Waals surface area contributed by atoms with Crippen LogP contribution in [0.5, 0.6) is 0 Å². The Bertz CT molecular complexity index is 726. The van der Waals surface area contributed by atoms with Crippen LogP contribution in [-0.4, -0.2) is 14.5 Å². The molecule has 0 spiro atoms. The van der Waals surface area contributed by atoms with Crippen LogP contribution >= 0.6 is 11.3 Å². The minimum atomic E-state index is 0.527. The van der Waals surface area contributed by atoms with Gasteiger partial charge in [0, 0.05) is 16.0 Å². The number of fused-ring (bicyclic) bond motifs is 1. The Kier molecular flexibility index (Phi) is 2.98. The fourth-order valence-corrected chi connectivity index (χ4v) is 3.09. The molecule has 4 nitrogen and oxygen atoms in total. The molecule has 0 unspecified atom stereocenters. The van der Waals surface area contributed by atoms with Crippen molar-refractivity contribution >= 4 is 28.4 Å². The van der Waals surface area contributed by atoms with Crippen LogP contribution in [0, 0.1) is 6.92 Å². The predicted octanol–water partition coefficient (Wildman–Crippen LogP) is 2.99. The van der Waals surface area contributed by atoms with E-state index in [4.69, 9.17) is 5.73 Å². The lowest BCUT2D eigenvalue weighted by molar-refractivity contribution is 0.841. The van der Waals surface area contributed by atoms with Crippen molar-refractivity contribution < 1.29 is 0 Å². The van der Waals surface area contributed by atoms with Gasteiger partial charge in [0.1, 0.15) is 5.52 Å². The Morgan fingerprint density at radius 2 is 2.11 bits per heavy atom. The molecule has 0 radical (unpaired) electrons. The summed E-state index contributed by atoms with van der Waals surface area (Å²) in [5.74, 6) is 0.527. The third kappa shape index (κ3) is 2.21. The van der Waals surface area contributed by atoms with Crippen molar-refractivity contribution in [1.29, 1.82) is 0 Å². The second kappa shape index (κ2) is 4.66. The van der Waals surface area contributed by atoms with Crippen LogP contribution in [-0.2, 0) is 13.0 Å². The van der Waals surface area contributed by atoms with Gasteiger partial charge in [0.25, 0.3) is 0 Å². The summed E-state index contributed by atoms with van der Waals surface area (Å²) in [5.41, 5.74) is 8.83. The first-order valence-electron chi connectivity index (χ1n) is 6.33. The summed E-state index contributed by atoms with van der Waals surface area (Å²) in [5, 5.41) is 0. The highest BCUT2D eigenvalue weighted by atomic mass is 32.1. The number of thiophene rings is 1. The van der Waals surface area contributed by atoms with Crippen LogP contribution in [0.25, 0.3) is 11.2 Å². The molecule has 0 bridgehead atoms. The number of aromatic nitrogens is 3. The normalized spacial score (nSPS) is 11.3. The highest BCUT2D eigenvalue weighted by Gasteiger charge is 2.10. The molecule has 0 fully saturated rings. The summed E-state index contributed by atoms with van der Waals surface area (Å²) in [6.45, 7) is 4.92. The fourth-order valence-electron chi connectivity index (χ4n) is 2.14. The van der Waals surface area contributed by atoms with E-state index < -0.39 is 0 Å². The number of nitrogens with zero attached hydrogens (tertiary/aromatic N) is 3. The first-order valence-corrected chi connectivity index (χ1v) is 7.15. The summed E-state index contributed by atoms with van der Waals surface area (Å²) < 4.78 is 1.97. The standard InChI is InChI=1S/C14H16N4S/c1-3-10-4-5-11(19-10)8-18-13-12(17-14(18)15)6-9(2)7-16-13/h4-7H,3,8H2,1-2H3,(H2,15,17). The number of hydrogen-bond acceptors (Lipinski definition) is 4. The van der Waals surface area contributed by atoms with Gasteiger partial charge in [-0.1, -0.05) is 6.92 Å². The molecule has 5 heteroatoms. The maximum absolute atomic E-state index is 6.01. The lowest BCUT2D eigenvalue weighted by atomic mass is 10.3. The van der Waals surface area contributed by atoms with Crippen molar-refractivity contribution in [2.75, 3.05) is 5.73 Å². The fraction of sp³-hybridized carbons (Fsp3) is 0.286. The molecule has 0 saturated heterocycles. The Morgan fingerprint density at radius 3 is 2.84 bits per heavy atom. The Labute approximate surface area is 115 Å². The van der Waals surface area contributed by atoms with Crippen molar-refractivity contribution in [2.45, 2.75) is 26.8 Å². The molecular formula is C14H16N4S. The number of imidazole rings is 1. The molecule has 3 rings (SSSR count). The molecule has 3 aromatic rings. The zero-order chi connectivity index (χ0) is 13.4. The average molecular weight is 272 g/mol. The first kappa shape index (κ1) is 12.2. The number of nitrogen functional groups attached to an aromatic ring is 1. The molecule has 3 aromatic heterocycles. The van der Waals surface area contributed by atoms with Crippen molar-refractivity contribution in [1.82, 2.24) is 14.5 Å². The minimum absolute atomic E-state index is 0.527. The summed E-state index contributed by atoms with van der Waals surface area (Å²) >= 11 is 1.82. The smallest absolute Gasteiger partial charge is 0.202 e. The molecular weight excluding hydrogens is 256 g/mol. The van der Waals surface area contributed by atoms with Crippen LogP contribution in [0.1, 0.15) is 22.2 Å². The van der Waals surface area contributed by atoms with Crippen LogP contribution in [0.15, 0.2) is 24.4 Å². The topological polar surface area (TPSA) is 56.7 Å². The van der Waals surface area contributed by atoms with E-state index in [1.54, 1.807) is 0 Å². The van der Waals surface area contributed by atoms with Gasteiger partial charge in [0.05, 0.1) is 6.54 Å². The zero-order valence-corrected chi connectivity index (χ0v) is 11.9. The summed E-state index contributed by atoms with van der Waals surface area (Å²) in [6.07, 6.45) is 2.92. The SMILES string of the molecule is CCc1ccc(Cn2c(N)nc3cc(C)cnc32)s1. The van der Waals surface area contributed by atoms with Gasteiger partial charge in [-0.25, -0.2) is 9.97 Å². The van der Waals surface area contributed by atoms with Crippen molar-refractivity contribution in [3.8, 4) is 0 Å². The average Bonchev–Trinajstić information content (AvgIpc) is 2.95. The van der Waals surface area contributed by atoms with Gasteiger partial charge < -0.3 is 5.73 Å². The third-order valence-electron chi connectivity index (χ3n) is 3.13. The van der Waals surface area contributed by atoms with Gasteiger partial charge in [-0.05, 0) is 37.1 Å². The quantitative estimate of drug-likeness (QED) is 0.797. The van der Waals surface area contributed by atoms with Crippen molar-refractivity contribution in [2.24, 2.45) is 0 Å². The molecule has 2 N–H and O–H groups in total. The minimum Gasteiger partial charge on any atom is -0.369 e. The van der Waals surface area contributed by atoms with Gasteiger partial charge in [0.15, 0.2) is 5.65 Å². The molecule has 98 valence electrons. The predicted molar refractivity (Wildman–Crippen MR) is 79.5 cm³/mol. The summed E-state index contributed by atoms with van der Waals surface area (Å²) in [4.78, 5) is 11.5.